The van der Waals surface area contributed by atoms with Gasteiger partial charge in [-0.05, 0) is 25.4 Å². The second-order valence-electron chi connectivity index (χ2n) is 3.44. The predicted octanol–water partition coefficient (Wildman–Crippen LogP) is 0.919. The number of carboxylic acid groups (broad SMARTS) is 1. The minimum Gasteiger partial charge on any atom is -0.480 e. The number of rotatable bonds is 6. The van der Waals surface area contributed by atoms with Gasteiger partial charge in [0.15, 0.2) is 0 Å². The van der Waals surface area contributed by atoms with E-state index in [1.807, 2.05) is 6.26 Å². The van der Waals surface area contributed by atoms with Crippen molar-refractivity contribution >= 4 is 23.6 Å². The zero-order chi connectivity index (χ0) is 12.8. The quantitative estimate of drug-likeness (QED) is 0.788. The molecular weight excluding hydrogens is 244 g/mol. The van der Waals surface area contributed by atoms with E-state index >= 15 is 0 Å². The van der Waals surface area contributed by atoms with Crippen LogP contribution < -0.4 is 5.32 Å². The van der Waals surface area contributed by atoms with E-state index in [-0.39, 0.29) is 5.89 Å². The molecular formula is C10H14N2O4S. The van der Waals surface area contributed by atoms with E-state index in [0.29, 0.717) is 17.9 Å². The molecule has 0 aliphatic rings. The van der Waals surface area contributed by atoms with Crippen LogP contribution >= 0.6 is 11.8 Å². The van der Waals surface area contributed by atoms with Gasteiger partial charge in [-0.1, -0.05) is 0 Å². The minimum atomic E-state index is -1.06. The number of carbonyl (C=O) groups is 2. The average Bonchev–Trinajstić information content (AvgIpc) is 2.70. The van der Waals surface area contributed by atoms with Crippen molar-refractivity contribution in [1.82, 2.24) is 10.3 Å². The molecule has 0 aliphatic heterocycles. The first-order chi connectivity index (χ1) is 8.04. The summed E-state index contributed by atoms with van der Waals surface area (Å²) in [5.41, 5.74) is 0.575. The zero-order valence-corrected chi connectivity index (χ0v) is 10.4. The van der Waals surface area contributed by atoms with Crippen molar-refractivity contribution in [2.24, 2.45) is 0 Å². The van der Waals surface area contributed by atoms with Crippen LogP contribution in [0.1, 0.15) is 22.8 Å². The monoisotopic (exact) mass is 258 g/mol. The van der Waals surface area contributed by atoms with Crippen LogP contribution in [0.5, 0.6) is 0 Å². The van der Waals surface area contributed by atoms with Gasteiger partial charge in [0, 0.05) is 0 Å². The van der Waals surface area contributed by atoms with Crippen LogP contribution in [-0.4, -0.2) is 40.0 Å². The molecule has 1 rings (SSSR count). The van der Waals surface area contributed by atoms with Gasteiger partial charge in [0.1, 0.15) is 12.3 Å². The van der Waals surface area contributed by atoms with E-state index in [4.69, 9.17) is 9.52 Å². The molecule has 6 nitrogen and oxygen atoms in total. The normalized spacial score (nSPS) is 12.1. The number of carbonyl (C=O) groups excluding carboxylic acids is 1. The number of carboxylic acids is 1. The summed E-state index contributed by atoms with van der Waals surface area (Å²) in [5, 5.41) is 11.3. The Balaban J connectivity index is 2.60. The van der Waals surface area contributed by atoms with E-state index in [1.54, 1.807) is 6.92 Å². The fourth-order valence-electron chi connectivity index (χ4n) is 1.17. The first kappa shape index (κ1) is 13.6. The summed E-state index contributed by atoms with van der Waals surface area (Å²) >= 11 is 1.52. The van der Waals surface area contributed by atoms with Crippen LogP contribution in [0.2, 0.25) is 0 Å². The average molecular weight is 258 g/mol. The maximum absolute atomic E-state index is 11.6. The number of aromatic nitrogens is 1. The molecule has 0 fully saturated rings. The molecule has 1 aromatic heterocycles. The topological polar surface area (TPSA) is 92.4 Å². The molecule has 0 saturated heterocycles. The van der Waals surface area contributed by atoms with Gasteiger partial charge in [0.25, 0.3) is 5.89 Å². The molecule has 2 N–H and O–H groups in total. The Hall–Kier alpha value is -1.50. The van der Waals surface area contributed by atoms with Crippen molar-refractivity contribution < 1.29 is 19.1 Å². The summed E-state index contributed by atoms with van der Waals surface area (Å²) in [5.74, 6) is -1.12. The van der Waals surface area contributed by atoms with E-state index in [1.165, 1.54) is 18.0 Å². The number of hydrogen-bond acceptors (Lipinski definition) is 5. The summed E-state index contributed by atoms with van der Waals surface area (Å²) in [4.78, 5) is 26.3. The second-order valence-corrected chi connectivity index (χ2v) is 4.43. The molecule has 17 heavy (non-hydrogen) atoms. The third kappa shape index (κ3) is 4.10. The summed E-state index contributed by atoms with van der Waals surface area (Å²) in [6.45, 7) is 1.68. The first-order valence-electron chi connectivity index (χ1n) is 4.99. The molecule has 1 amide bonds. The van der Waals surface area contributed by atoms with E-state index in [9.17, 15) is 9.59 Å². The summed E-state index contributed by atoms with van der Waals surface area (Å²) < 4.78 is 4.89. The van der Waals surface area contributed by atoms with Gasteiger partial charge in [-0.3, -0.25) is 4.79 Å². The van der Waals surface area contributed by atoms with Crippen LogP contribution in [-0.2, 0) is 4.79 Å². The van der Waals surface area contributed by atoms with Crippen LogP contribution in [0.3, 0.4) is 0 Å². The Morgan fingerprint density at radius 1 is 1.65 bits per heavy atom. The number of hydrogen-bond donors (Lipinski definition) is 2. The molecule has 0 spiro atoms. The van der Waals surface area contributed by atoms with Crippen LogP contribution in [0, 0.1) is 6.92 Å². The number of aryl methyl sites for hydroxylation is 1. The fraction of sp³-hybridized carbons (Fsp3) is 0.500. The molecule has 1 atom stereocenters. The van der Waals surface area contributed by atoms with Crippen LogP contribution in [0.15, 0.2) is 10.7 Å². The molecule has 7 heteroatoms. The Labute approximate surface area is 103 Å². The number of nitrogens with one attached hydrogen (secondary N) is 1. The van der Waals surface area contributed by atoms with Gasteiger partial charge < -0.3 is 14.8 Å². The van der Waals surface area contributed by atoms with Crippen molar-refractivity contribution in [2.45, 2.75) is 19.4 Å². The molecule has 1 heterocycles. The highest BCUT2D eigenvalue weighted by Crippen LogP contribution is 2.04. The molecule has 0 bridgehead atoms. The van der Waals surface area contributed by atoms with Crippen LogP contribution in [0.4, 0.5) is 0 Å². The van der Waals surface area contributed by atoms with Gasteiger partial charge in [-0.25, -0.2) is 9.78 Å². The van der Waals surface area contributed by atoms with Crippen molar-refractivity contribution in [1.29, 1.82) is 0 Å². The lowest BCUT2D eigenvalue weighted by Gasteiger charge is -2.12. The molecule has 94 valence electrons. The van der Waals surface area contributed by atoms with Crippen molar-refractivity contribution in [3.63, 3.8) is 0 Å². The van der Waals surface area contributed by atoms with Gasteiger partial charge in [0.05, 0.1) is 5.69 Å². The highest BCUT2D eigenvalue weighted by molar-refractivity contribution is 7.98. The molecule has 0 saturated carbocycles. The molecule has 0 unspecified atom stereocenters. The molecule has 0 aromatic carbocycles. The predicted molar refractivity (Wildman–Crippen MR) is 63.1 cm³/mol. The Kier molecular flexibility index (Phi) is 5.02. The maximum atomic E-state index is 11.6. The van der Waals surface area contributed by atoms with E-state index in [2.05, 4.69) is 10.3 Å². The number of thioether (sulfide) groups is 1. The maximum Gasteiger partial charge on any atom is 0.326 e. The van der Waals surface area contributed by atoms with E-state index < -0.39 is 17.9 Å². The standard InChI is InChI=1S/C10H14N2O4S/c1-6-5-16-9(11-6)8(13)12-7(10(14)15)3-4-17-2/h5,7H,3-4H2,1-2H3,(H,12,13)(H,14,15)/t7-/m0/s1. The Morgan fingerprint density at radius 2 is 2.35 bits per heavy atom. The zero-order valence-electron chi connectivity index (χ0n) is 9.60. The third-order valence-electron chi connectivity index (χ3n) is 2.03. The summed E-state index contributed by atoms with van der Waals surface area (Å²) in [6, 6.07) is -0.915. The Morgan fingerprint density at radius 3 is 2.82 bits per heavy atom. The largest absolute Gasteiger partial charge is 0.480 e. The van der Waals surface area contributed by atoms with E-state index in [0.717, 1.165) is 0 Å². The van der Waals surface area contributed by atoms with Crippen molar-refractivity contribution in [3.05, 3.63) is 17.8 Å². The smallest absolute Gasteiger partial charge is 0.326 e. The highest BCUT2D eigenvalue weighted by Gasteiger charge is 2.22. The lowest BCUT2D eigenvalue weighted by Crippen LogP contribution is -2.41. The van der Waals surface area contributed by atoms with Gasteiger partial charge >= 0.3 is 11.9 Å². The number of amides is 1. The van der Waals surface area contributed by atoms with Crippen molar-refractivity contribution in [3.8, 4) is 0 Å². The van der Waals surface area contributed by atoms with Crippen LogP contribution in [0.25, 0.3) is 0 Å². The summed E-state index contributed by atoms with van der Waals surface area (Å²) in [6.07, 6.45) is 3.58. The Bertz CT molecular complexity index is 405. The second kappa shape index (κ2) is 6.29. The third-order valence-corrected chi connectivity index (χ3v) is 2.67. The molecule has 1 aromatic rings. The first-order valence-corrected chi connectivity index (χ1v) is 6.38. The minimum absolute atomic E-state index is 0.113. The number of aliphatic carboxylic acids is 1. The molecule has 0 aliphatic carbocycles. The summed E-state index contributed by atoms with van der Waals surface area (Å²) in [7, 11) is 0. The fourth-order valence-corrected chi connectivity index (χ4v) is 1.64. The highest BCUT2D eigenvalue weighted by atomic mass is 32.2. The number of nitrogens with zero attached hydrogens (tertiary/aromatic N) is 1. The van der Waals surface area contributed by atoms with Gasteiger partial charge in [-0.2, -0.15) is 11.8 Å². The lowest BCUT2D eigenvalue weighted by molar-refractivity contribution is -0.139. The SMILES string of the molecule is CSCC[C@H](NC(=O)c1nc(C)co1)C(=O)O. The van der Waals surface area contributed by atoms with Gasteiger partial charge in [0.2, 0.25) is 0 Å². The number of oxazole rings is 1. The van der Waals surface area contributed by atoms with Crippen molar-refractivity contribution in [2.75, 3.05) is 12.0 Å². The van der Waals surface area contributed by atoms with Gasteiger partial charge in [-0.15, -0.1) is 0 Å². The molecule has 0 radical (unpaired) electrons. The lowest BCUT2D eigenvalue weighted by atomic mass is 10.2.